The molecule has 1 amide bonds. The SMILES string of the molecule is CC1CN(CCCC(=O)Nc2ccccc2C#N)CC1C. The average molecular weight is 285 g/mol. The average Bonchev–Trinajstić information content (AvgIpc) is 2.78. The van der Waals surface area contributed by atoms with E-state index in [2.05, 4.69) is 30.1 Å². The van der Waals surface area contributed by atoms with Gasteiger partial charge in [0.05, 0.1) is 11.3 Å². The Morgan fingerprint density at radius 2 is 2.00 bits per heavy atom. The molecule has 1 aromatic carbocycles. The highest BCUT2D eigenvalue weighted by Gasteiger charge is 2.25. The molecule has 0 saturated carbocycles. The Morgan fingerprint density at radius 1 is 1.33 bits per heavy atom. The highest BCUT2D eigenvalue weighted by atomic mass is 16.1. The maximum atomic E-state index is 11.9. The van der Waals surface area contributed by atoms with Crippen molar-refractivity contribution in [2.75, 3.05) is 25.0 Å². The van der Waals surface area contributed by atoms with E-state index >= 15 is 0 Å². The predicted molar refractivity (Wildman–Crippen MR) is 83.8 cm³/mol. The van der Waals surface area contributed by atoms with Gasteiger partial charge in [-0.3, -0.25) is 4.79 Å². The second-order valence-corrected chi connectivity index (χ2v) is 6.02. The smallest absolute Gasteiger partial charge is 0.224 e. The van der Waals surface area contributed by atoms with Gasteiger partial charge in [0, 0.05) is 19.5 Å². The van der Waals surface area contributed by atoms with Gasteiger partial charge in [-0.1, -0.05) is 26.0 Å². The van der Waals surface area contributed by atoms with Crippen LogP contribution in [0, 0.1) is 23.2 Å². The zero-order valence-corrected chi connectivity index (χ0v) is 12.8. The molecule has 0 radical (unpaired) electrons. The van der Waals surface area contributed by atoms with E-state index in [0.717, 1.165) is 37.9 Å². The zero-order valence-electron chi connectivity index (χ0n) is 12.8. The van der Waals surface area contributed by atoms with E-state index in [9.17, 15) is 4.79 Å². The molecule has 1 fully saturated rings. The Morgan fingerprint density at radius 3 is 2.67 bits per heavy atom. The van der Waals surface area contributed by atoms with Crippen LogP contribution in [-0.2, 0) is 4.79 Å². The van der Waals surface area contributed by atoms with Crippen LogP contribution in [0.15, 0.2) is 24.3 Å². The minimum atomic E-state index is -0.0157. The van der Waals surface area contributed by atoms with Crippen LogP contribution in [0.2, 0.25) is 0 Å². The summed E-state index contributed by atoms with van der Waals surface area (Å²) in [6.07, 6.45) is 1.36. The molecule has 2 unspecified atom stereocenters. The minimum absolute atomic E-state index is 0.0157. The number of rotatable bonds is 5. The molecule has 0 spiro atoms. The summed E-state index contributed by atoms with van der Waals surface area (Å²) < 4.78 is 0. The molecule has 4 heteroatoms. The lowest BCUT2D eigenvalue weighted by Crippen LogP contribution is -2.23. The number of carbonyl (C=O) groups is 1. The lowest BCUT2D eigenvalue weighted by atomic mass is 10.0. The summed E-state index contributed by atoms with van der Waals surface area (Å²) in [6.45, 7) is 7.83. The van der Waals surface area contributed by atoms with Gasteiger partial charge in [0.2, 0.25) is 5.91 Å². The van der Waals surface area contributed by atoms with Crippen molar-refractivity contribution in [2.45, 2.75) is 26.7 Å². The molecular weight excluding hydrogens is 262 g/mol. The maximum absolute atomic E-state index is 11.9. The molecule has 4 nitrogen and oxygen atoms in total. The number of anilines is 1. The van der Waals surface area contributed by atoms with Crippen LogP contribution in [0.4, 0.5) is 5.69 Å². The number of likely N-dealkylation sites (tertiary alicyclic amines) is 1. The molecule has 1 saturated heterocycles. The number of nitriles is 1. The molecule has 21 heavy (non-hydrogen) atoms. The molecule has 0 aromatic heterocycles. The molecule has 1 aliphatic heterocycles. The highest BCUT2D eigenvalue weighted by Crippen LogP contribution is 2.22. The lowest BCUT2D eigenvalue weighted by Gasteiger charge is -2.15. The van der Waals surface area contributed by atoms with E-state index in [1.807, 2.05) is 6.07 Å². The van der Waals surface area contributed by atoms with Crippen LogP contribution in [0.5, 0.6) is 0 Å². The summed E-state index contributed by atoms with van der Waals surface area (Å²) in [4.78, 5) is 14.4. The monoisotopic (exact) mass is 285 g/mol. The Balaban J connectivity index is 1.74. The van der Waals surface area contributed by atoms with Crippen LogP contribution in [0.1, 0.15) is 32.3 Å². The fourth-order valence-corrected chi connectivity index (χ4v) is 2.80. The van der Waals surface area contributed by atoms with Gasteiger partial charge in [-0.25, -0.2) is 0 Å². The number of amides is 1. The number of hydrogen-bond donors (Lipinski definition) is 1. The molecule has 2 rings (SSSR count). The fourth-order valence-electron chi connectivity index (χ4n) is 2.80. The molecule has 2 atom stereocenters. The number of carbonyl (C=O) groups excluding carboxylic acids is 1. The van der Waals surface area contributed by atoms with E-state index < -0.39 is 0 Å². The van der Waals surface area contributed by atoms with Crippen molar-refractivity contribution in [3.63, 3.8) is 0 Å². The maximum Gasteiger partial charge on any atom is 0.224 e. The Labute approximate surface area is 126 Å². The molecule has 112 valence electrons. The van der Waals surface area contributed by atoms with Gasteiger partial charge in [0.1, 0.15) is 6.07 Å². The van der Waals surface area contributed by atoms with Crippen LogP contribution in [0.25, 0.3) is 0 Å². The van der Waals surface area contributed by atoms with Gasteiger partial charge < -0.3 is 10.2 Å². The minimum Gasteiger partial charge on any atom is -0.325 e. The van der Waals surface area contributed by atoms with E-state index in [4.69, 9.17) is 5.26 Å². The molecule has 1 N–H and O–H groups in total. The summed E-state index contributed by atoms with van der Waals surface area (Å²) in [7, 11) is 0. The highest BCUT2D eigenvalue weighted by molar-refractivity contribution is 5.92. The van der Waals surface area contributed by atoms with Crippen molar-refractivity contribution in [3.8, 4) is 6.07 Å². The molecule has 1 aliphatic rings. The van der Waals surface area contributed by atoms with Gasteiger partial charge in [0.25, 0.3) is 0 Å². The number of benzene rings is 1. The molecular formula is C17H23N3O. The summed E-state index contributed by atoms with van der Waals surface area (Å²) in [5.41, 5.74) is 1.11. The summed E-state index contributed by atoms with van der Waals surface area (Å²) in [5, 5.41) is 11.8. The van der Waals surface area contributed by atoms with Crippen LogP contribution >= 0.6 is 0 Å². The first kappa shape index (κ1) is 15.5. The van der Waals surface area contributed by atoms with Gasteiger partial charge in [0.15, 0.2) is 0 Å². The normalized spacial score (nSPS) is 22.0. The Kier molecular flexibility index (Phi) is 5.35. The van der Waals surface area contributed by atoms with Crippen LogP contribution < -0.4 is 5.32 Å². The third-order valence-electron chi connectivity index (χ3n) is 4.26. The first-order valence-electron chi connectivity index (χ1n) is 7.61. The van der Waals surface area contributed by atoms with Crippen molar-refractivity contribution in [2.24, 2.45) is 11.8 Å². The third kappa shape index (κ3) is 4.30. The van der Waals surface area contributed by atoms with Gasteiger partial charge >= 0.3 is 0 Å². The van der Waals surface area contributed by atoms with Crippen molar-refractivity contribution in [1.29, 1.82) is 5.26 Å². The van der Waals surface area contributed by atoms with Gasteiger partial charge in [-0.15, -0.1) is 0 Å². The number of nitrogens with one attached hydrogen (secondary N) is 1. The molecule has 0 aliphatic carbocycles. The Hall–Kier alpha value is -1.86. The quantitative estimate of drug-likeness (QED) is 0.905. The summed E-state index contributed by atoms with van der Waals surface area (Å²) in [5.74, 6) is 1.49. The topological polar surface area (TPSA) is 56.1 Å². The van der Waals surface area contributed by atoms with Crippen LogP contribution in [0.3, 0.4) is 0 Å². The Bertz CT molecular complexity index is 525. The van der Waals surface area contributed by atoms with E-state index in [0.29, 0.717) is 17.7 Å². The van der Waals surface area contributed by atoms with E-state index in [-0.39, 0.29) is 5.91 Å². The molecule has 1 aromatic rings. The first-order valence-corrected chi connectivity index (χ1v) is 7.61. The molecule has 1 heterocycles. The van der Waals surface area contributed by atoms with Crippen molar-refractivity contribution < 1.29 is 4.79 Å². The second-order valence-electron chi connectivity index (χ2n) is 6.02. The van der Waals surface area contributed by atoms with E-state index in [1.54, 1.807) is 18.2 Å². The van der Waals surface area contributed by atoms with Crippen molar-refractivity contribution in [3.05, 3.63) is 29.8 Å². The van der Waals surface area contributed by atoms with Gasteiger partial charge in [-0.2, -0.15) is 5.26 Å². The van der Waals surface area contributed by atoms with E-state index in [1.165, 1.54) is 0 Å². The second kappa shape index (κ2) is 7.24. The number of hydrogen-bond acceptors (Lipinski definition) is 3. The fraction of sp³-hybridized carbons (Fsp3) is 0.529. The predicted octanol–water partition coefficient (Wildman–Crippen LogP) is 2.86. The van der Waals surface area contributed by atoms with Crippen molar-refractivity contribution in [1.82, 2.24) is 4.90 Å². The van der Waals surface area contributed by atoms with Gasteiger partial charge in [-0.05, 0) is 36.9 Å². The summed E-state index contributed by atoms with van der Waals surface area (Å²) >= 11 is 0. The number of para-hydroxylation sites is 1. The number of nitrogens with zero attached hydrogens (tertiary/aromatic N) is 2. The summed E-state index contributed by atoms with van der Waals surface area (Å²) in [6, 6.07) is 9.18. The molecule has 0 bridgehead atoms. The standard InChI is InChI=1S/C17H23N3O/c1-13-11-20(12-14(13)2)9-5-8-17(21)19-16-7-4-3-6-15(16)10-18/h3-4,6-7,13-14H,5,8-9,11-12H2,1-2H3,(H,19,21). The first-order chi connectivity index (χ1) is 10.1. The van der Waals surface area contributed by atoms with Crippen molar-refractivity contribution >= 4 is 11.6 Å². The van der Waals surface area contributed by atoms with Crippen LogP contribution in [-0.4, -0.2) is 30.4 Å². The lowest BCUT2D eigenvalue weighted by molar-refractivity contribution is -0.116. The largest absolute Gasteiger partial charge is 0.325 e. The third-order valence-corrected chi connectivity index (χ3v) is 4.26. The zero-order chi connectivity index (χ0) is 15.2.